The van der Waals surface area contributed by atoms with Crippen molar-refractivity contribution in [2.24, 2.45) is 5.92 Å². The second kappa shape index (κ2) is 7.94. The van der Waals surface area contributed by atoms with Crippen LogP contribution in [0, 0.1) is 5.92 Å². The summed E-state index contributed by atoms with van der Waals surface area (Å²) < 4.78 is 5.84. The number of ketones is 1. The highest BCUT2D eigenvalue weighted by Gasteiger charge is 2.29. The first-order valence-corrected chi connectivity index (χ1v) is 8.46. The molecule has 0 spiro atoms. The van der Waals surface area contributed by atoms with E-state index in [-0.39, 0.29) is 23.8 Å². The van der Waals surface area contributed by atoms with Crippen molar-refractivity contribution in [3.8, 4) is 0 Å². The number of ether oxygens (including phenoxy) is 1. The second-order valence-electron chi connectivity index (χ2n) is 6.22. The van der Waals surface area contributed by atoms with Gasteiger partial charge in [0.15, 0.2) is 5.78 Å². The molecule has 1 aliphatic heterocycles. The number of amides is 2. The summed E-state index contributed by atoms with van der Waals surface area (Å²) in [5.41, 5.74) is 2.32. The van der Waals surface area contributed by atoms with Gasteiger partial charge < -0.3 is 15.4 Å². The van der Waals surface area contributed by atoms with E-state index >= 15 is 0 Å². The molecule has 0 radical (unpaired) electrons. The molecule has 2 amide bonds. The molecule has 1 aliphatic rings. The highest BCUT2D eigenvalue weighted by Crippen LogP contribution is 2.33. The van der Waals surface area contributed by atoms with E-state index in [1.165, 1.54) is 6.92 Å². The van der Waals surface area contributed by atoms with E-state index in [9.17, 15) is 9.59 Å². The summed E-state index contributed by atoms with van der Waals surface area (Å²) in [6.07, 6.45) is 0.933. The summed E-state index contributed by atoms with van der Waals surface area (Å²) in [5, 5.41) is 5.68. The number of anilines is 1. The molecule has 2 atom stereocenters. The smallest absolute Gasteiger partial charge is 0.319 e. The molecule has 1 heterocycles. The van der Waals surface area contributed by atoms with Gasteiger partial charge in [0.05, 0.1) is 6.10 Å². The maximum atomic E-state index is 12.1. The molecule has 0 bridgehead atoms. The van der Waals surface area contributed by atoms with Crippen molar-refractivity contribution in [1.82, 2.24) is 5.32 Å². The molecule has 2 N–H and O–H groups in total. The Labute approximate surface area is 147 Å². The fraction of sp³-hybridized carbons (Fsp3) is 0.300. The van der Waals surface area contributed by atoms with E-state index in [4.69, 9.17) is 4.74 Å². The minimum atomic E-state index is -0.278. The normalized spacial score (nSPS) is 19.4. The fourth-order valence-electron chi connectivity index (χ4n) is 3.07. The number of rotatable bonds is 5. The quantitative estimate of drug-likeness (QED) is 0.815. The third-order valence-electron chi connectivity index (χ3n) is 4.39. The first-order valence-electron chi connectivity index (χ1n) is 8.46. The highest BCUT2D eigenvalue weighted by atomic mass is 16.5. The average Bonchev–Trinajstić information content (AvgIpc) is 3.09. The van der Waals surface area contributed by atoms with Crippen molar-refractivity contribution in [1.29, 1.82) is 0 Å². The molecule has 2 aromatic carbocycles. The van der Waals surface area contributed by atoms with Crippen LogP contribution in [-0.4, -0.2) is 25.0 Å². The minimum absolute atomic E-state index is 0.0162. The lowest BCUT2D eigenvalue weighted by Gasteiger charge is -2.19. The summed E-state index contributed by atoms with van der Waals surface area (Å²) in [6, 6.07) is 16.7. The van der Waals surface area contributed by atoms with Gasteiger partial charge in [-0.25, -0.2) is 4.79 Å². The lowest BCUT2D eigenvalue weighted by atomic mass is 9.95. The van der Waals surface area contributed by atoms with Gasteiger partial charge in [-0.2, -0.15) is 0 Å². The maximum absolute atomic E-state index is 12.1. The van der Waals surface area contributed by atoms with Gasteiger partial charge in [0.2, 0.25) is 0 Å². The molecule has 3 rings (SSSR count). The monoisotopic (exact) mass is 338 g/mol. The Morgan fingerprint density at radius 1 is 1.12 bits per heavy atom. The van der Waals surface area contributed by atoms with E-state index < -0.39 is 0 Å². The lowest BCUT2D eigenvalue weighted by Crippen LogP contribution is -2.34. The van der Waals surface area contributed by atoms with E-state index in [0.29, 0.717) is 24.4 Å². The van der Waals surface area contributed by atoms with Gasteiger partial charge in [-0.1, -0.05) is 42.5 Å². The summed E-state index contributed by atoms with van der Waals surface area (Å²) in [7, 11) is 0. The molecule has 130 valence electrons. The first kappa shape index (κ1) is 17.2. The van der Waals surface area contributed by atoms with Crippen molar-refractivity contribution in [3.63, 3.8) is 0 Å². The molecule has 1 saturated heterocycles. The van der Waals surface area contributed by atoms with Crippen molar-refractivity contribution >= 4 is 17.5 Å². The number of hydrogen-bond acceptors (Lipinski definition) is 3. The Hall–Kier alpha value is -2.66. The summed E-state index contributed by atoms with van der Waals surface area (Å²) in [5.74, 6) is 0.217. The van der Waals surface area contributed by atoms with E-state index in [0.717, 1.165) is 12.0 Å². The second-order valence-corrected chi connectivity index (χ2v) is 6.22. The largest absolute Gasteiger partial charge is 0.373 e. The number of Topliss-reactive ketones (excluding diaryl/α,β-unsaturated/α-hetero) is 1. The molecule has 1 fully saturated rings. The topological polar surface area (TPSA) is 67.4 Å². The number of benzene rings is 2. The van der Waals surface area contributed by atoms with Crippen LogP contribution in [0.15, 0.2) is 54.6 Å². The van der Waals surface area contributed by atoms with Gasteiger partial charge in [0.25, 0.3) is 0 Å². The molecule has 5 heteroatoms. The van der Waals surface area contributed by atoms with Gasteiger partial charge in [-0.15, -0.1) is 0 Å². The van der Waals surface area contributed by atoms with E-state index in [2.05, 4.69) is 22.8 Å². The van der Waals surface area contributed by atoms with Crippen LogP contribution in [0.4, 0.5) is 10.5 Å². The van der Waals surface area contributed by atoms with Crippen LogP contribution in [0.2, 0.25) is 0 Å². The highest BCUT2D eigenvalue weighted by molar-refractivity contribution is 5.96. The van der Waals surface area contributed by atoms with Gasteiger partial charge in [-0.3, -0.25) is 4.79 Å². The molecule has 0 aromatic heterocycles. The van der Waals surface area contributed by atoms with E-state index in [1.54, 1.807) is 24.3 Å². The summed E-state index contributed by atoms with van der Waals surface area (Å²) >= 11 is 0. The van der Waals surface area contributed by atoms with Crippen molar-refractivity contribution < 1.29 is 14.3 Å². The molecule has 0 saturated carbocycles. The SMILES string of the molecule is CC(=O)c1cccc(NC(=O)NC[C@H]2CCO[C@H]2c2ccccc2)c1. The standard InChI is InChI=1S/C20H22N2O3/c1-14(23)16-8-5-9-18(12-16)22-20(24)21-13-17-10-11-25-19(17)15-6-3-2-4-7-15/h2-9,12,17,19H,10-11,13H2,1H3,(H2,21,22,24)/t17-,19+/m1/s1. The average molecular weight is 338 g/mol. The minimum Gasteiger partial charge on any atom is -0.373 e. The van der Waals surface area contributed by atoms with Crippen LogP contribution in [0.1, 0.15) is 35.4 Å². The Bertz CT molecular complexity index is 746. The zero-order valence-corrected chi connectivity index (χ0v) is 14.2. The number of carbonyl (C=O) groups excluding carboxylic acids is 2. The van der Waals surface area contributed by atoms with Gasteiger partial charge in [0, 0.05) is 30.3 Å². The number of urea groups is 1. The zero-order chi connectivity index (χ0) is 17.6. The first-order chi connectivity index (χ1) is 12.1. The number of hydrogen-bond donors (Lipinski definition) is 2. The summed E-state index contributed by atoms with van der Waals surface area (Å²) in [6.45, 7) is 2.75. The van der Waals surface area contributed by atoms with Gasteiger partial charge >= 0.3 is 6.03 Å². The predicted molar refractivity (Wildman–Crippen MR) is 96.7 cm³/mol. The van der Waals surface area contributed by atoms with Crippen molar-refractivity contribution in [2.75, 3.05) is 18.5 Å². The Morgan fingerprint density at radius 2 is 1.92 bits per heavy atom. The van der Waals surface area contributed by atoms with Crippen LogP contribution < -0.4 is 10.6 Å². The van der Waals surface area contributed by atoms with E-state index in [1.807, 2.05) is 18.2 Å². The molecule has 0 aliphatic carbocycles. The maximum Gasteiger partial charge on any atom is 0.319 e. The molecule has 5 nitrogen and oxygen atoms in total. The van der Waals surface area contributed by atoms with Gasteiger partial charge in [-0.05, 0) is 31.0 Å². The molecular formula is C20H22N2O3. The fourth-order valence-corrected chi connectivity index (χ4v) is 3.07. The van der Waals surface area contributed by atoms with Crippen LogP contribution in [0.3, 0.4) is 0 Å². The van der Waals surface area contributed by atoms with Crippen LogP contribution in [-0.2, 0) is 4.74 Å². The molecular weight excluding hydrogens is 316 g/mol. The Kier molecular flexibility index (Phi) is 5.46. The zero-order valence-electron chi connectivity index (χ0n) is 14.2. The Balaban J connectivity index is 1.55. The third-order valence-corrected chi connectivity index (χ3v) is 4.39. The Morgan fingerprint density at radius 3 is 2.68 bits per heavy atom. The number of carbonyl (C=O) groups is 2. The van der Waals surface area contributed by atoms with Crippen LogP contribution in [0.5, 0.6) is 0 Å². The molecule has 2 aromatic rings. The predicted octanol–water partition coefficient (Wildman–Crippen LogP) is 3.79. The number of nitrogens with one attached hydrogen (secondary N) is 2. The molecule has 25 heavy (non-hydrogen) atoms. The summed E-state index contributed by atoms with van der Waals surface area (Å²) in [4.78, 5) is 23.6. The lowest BCUT2D eigenvalue weighted by molar-refractivity contribution is 0.0911. The van der Waals surface area contributed by atoms with Crippen LogP contribution >= 0.6 is 0 Å². The molecule has 0 unspecified atom stereocenters. The van der Waals surface area contributed by atoms with Crippen molar-refractivity contribution in [3.05, 3.63) is 65.7 Å². The van der Waals surface area contributed by atoms with Crippen LogP contribution in [0.25, 0.3) is 0 Å². The van der Waals surface area contributed by atoms with Gasteiger partial charge in [0.1, 0.15) is 0 Å². The third kappa shape index (κ3) is 4.45. The van der Waals surface area contributed by atoms with Crippen molar-refractivity contribution in [2.45, 2.75) is 19.4 Å².